The Morgan fingerprint density at radius 1 is 1.53 bits per heavy atom. The molecule has 0 amide bonds. The van der Waals surface area contributed by atoms with Gasteiger partial charge in [0.2, 0.25) is 10.0 Å². The Labute approximate surface area is 130 Å². The van der Waals surface area contributed by atoms with Crippen molar-refractivity contribution in [3.8, 4) is 0 Å². The first-order chi connectivity index (χ1) is 8.92. The molecule has 1 aromatic rings. The van der Waals surface area contributed by atoms with Gasteiger partial charge in [0.1, 0.15) is 10.0 Å². The summed E-state index contributed by atoms with van der Waals surface area (Å²) < 4.78 is 27.9. The summed E-state index contributed by atoms with van der Waals surface area (Å²) in [4.78, 5) is 3.87. The number of hydrogen-bond donors (Lipinski definition) is 1. The van der Waals surface area contributed by atoms with Gasteiger partial charge in [-0.3, -0.25) is 0 Å². The minimum absolute atomic E-state index is 0.00452. The molecule has 8 heteroatoms. The largest absolute Gasteiger partial charge is 0.243 e. The van der Waals surface area contributed by atoms with Gasteiger partial charge >= 0.3 is 0 Å². The van der Waals surface area contributed by atoms with E-state index in [0.717, 1.165) is 19.3 Å². The number of pyridine rings is 1. The maximum atomic E-state index is 12.3. The van der Waals surface area contributed by atoms with Crippen LogP contribution in [0, 0.1) is 0 Å². The smallest absolute Gasteiger partial charge is 0.242 e. The summed E-state index contributed by atoms with van der Waals surface area (Å²) in [6.07, 6.45) is 6.29. The normalized spacial score (nSPS) is 23.7. The Morgan fingerprint density at radius 2 is 2.26 bits per heavy atom. The van der Waals surface area contributed by atoms with E-state index in [9.17, 15) is 8.42 Å². The van der Waals surface area contributed by atoms with E-state index in [1.54, 1.807) is 11.8 Å². The van der Waals surface area contributed by atoms with Crippen molar-refractivity contribution in [2.24, 2.45) is 0 Å². The van der Waals surface area contributed by atoms with Crippen molar-refractivity contribution in [3.63, 3.8) is 0 Å². The molecule has 1 aliphatic carbocycles. The fourth-order valence-corrected chi connectivity index (χ4v) is 5.16. The number of halogens is 2. The Kier molecular flexibility index (Phi) is 5.16. The topological polar surface area (TPSA) is 59.1 Å². The first-order valence-corrected chi connectivity index (χ1v) is 9.73. The molecule has 1 N–H and O–H groups in total. The van der Waals surface area contributed by atoms with E-state index in [-0.39, 0.29) is 16.1 Å². The molecule has 1 fully saturated rings. The van der Waals surface area contributed by atoms with Gasteiger partial charge in [-0.05, 0) is 47.5 Å². The highest BCUT2D eigenvalue weighted by Crippen LogP contribution is 2.30. The molecule has 0 saturated heterocycles. The molecule has 1 heterocycles. The van der Waals surface area contributed by atoms with Crippen LogP contribution in [0.4, 0.5) is 0 Å². The first-order valence-electron chi connectivity index (χ1n) is 5.78. The Hall–Kier alpha value is 0.180. The lowest BCUT2D eigenvalue weighted by atomic mass is 10.3. The Bertz CT molecular complexity index is 568. The summed E-state index contributed by atoms with van der Waals surface area (Å²) >= 11 is 10.9. The van der Waals surface area contributed by atoms with E-state index < -0.39 is 10.0 Å². The van der Waals surface area contributed by atoms with Crippen LogP contribution < -0.4 is 4.72 Å². The number of hydrogen-bond acceptors (Lipinski definition) is 4. The van der Waals surface area contributed by atoms with E-state index in [2.05, 4.69) is 31.9 Å². The highest BCUT2D eigenvalue weighted by molar-refractivity contribution is 9.10. The second kappa shape index (κ2) is 6.30. The van der Waals surface area contributed by atoms with Gasteiger partial charge in [0.25, 0.3) is 0 Å². The van der Waals surface area contributed by atoms with Crippen molar-refractivity contribution >= 4 is 49.3 Å². The molecule has 0 spiro atoms. The molecule has 2 atom stereocenters. The van der Waals surface area contributed by atoms with E-state index in [1.807, 2.05) is 0 Å². The quantitative estimate of drug-likeness (QED) is 0.809. The van der Waals surface area contributed by atoms with Crippen LogP contribution in [0.2, 0.25) is 5.15 Å². The number of aromatic nitrogens is 1. The lowest BCUT2D eigenvalue weighted by Gasteiger charge is -2.14. The van der Waals surface area contributed by atoms with E-state index in [0.29, 0.717) is 9.72 Å². The molecule has 0 radical (unpaired) electrons. The molecule has 2 unspecified atom stereocenters. The zero-order valence-corrected chi connectivity index (χ0v) is 14.2. The van der Waals surface area contributed by atoms with Crippen molar-refractivity contribution in [2.45, 2.75) is 35.4 Å². The molecule has 0 bridgehead atoms. The zero-order valence-electron chi connectivity index (χ0n) is 10.3. The first kappa shape index (κ1) is 15.6. The molecular weight excluding hydrogens is 372 g/mol. The van der Waals surface area contributed by atoms with Crippen molar-refractivity contribution < 1.29 is 8.42 Å². The average Bonchev–Trinajstić information content (AvgIpc) is 2.79. The lowest BCUT2D eigenvalue weighted by Crippen LogP contribution is -2.33. The number of nitrogens with one attached hydrogen (secondary N) is 1. The zero-order chi connectivity index (χ0) is 14.0. The minimum Gasteiger partial charge on any atom is -0.242 e. The van der Waals surface area contributed by atoms with E-state index in [1.165, 1.54) is 12.3 Å². The molecule has 4 nitrogen and oxygen atoms in total. The van der Waals surface area contributed by atoms with Crippen LogP contribution in [0.1, 0.15) is 19.3 Å². The van der Waals surface area contributed by atoms with Crippen LogP contribution in [0.15, 0.2) is 21.6 Å². The molecular formula is C11H14BrClN2O2S2. The third-order valence-electron chi connectivity index (χ3n) is 3.10. The molecule has 1 aliphatic rings. The number of thioether (sulfide) groups is 1. The summed E-state index contributed by atoms with van der Waals surface area (Å²) in [6.45, 7) is 0. The second-order valence-electron chi connectivity index (χ2n) is 4.43. The molecule has 19 heavy (non-hydrogen) atoms. The van der Waals surface area contributed by atoms with Crippen molar-refractivity contribution in [3.05, 3.63) is 21.9 Å². The van der Waals surface area contributed by atoms with E-state index in [4.69, 9.17) is 11.6 Å². The van der Waals surface area contributed by atoms with Gasteiger partial charge in [0.15, 0.2) is 0 Å². The third-order valence-corrected chi connectivity index (χ3v) is 6.58. The van der Waals surface area contributed by atoms with Crippen molar-refractivity contribution in [2.75, 3.05) is 6.26 Å². The second-order valence-corrected chi connectivity index (χ2v) is 8.53. The van der Waals surface area contributed by atoms with Crippen LogP contribution in [0.25, 0.3) is 0 Å². The van der Waals surface area contributed by atoms with Gasteiger partial charge in [-0.2, -0.15) is 11.8 Å². The fraction of sp³-hybridized carbons (Fsp3) is 0.545. The van der Waals surface area contributed by atoms with Crippen LogP contribution in [0.3, 0.4) is 0 Å². The standard InChI is InChI=1S/C11H14BrClN2O2S2/c1-18-9-3-2-8(5-9)15-19(16,17)10-4-7(12)6-14-11(10)13/h4,6,8-9,15H,2-3,5H2,1H3. The van der Waals surface area contributed by atoms with Crippen molar-refractivity contribution in [1.29, 1.82) is 0 Å². The maximum Gasteiger partial charge on any atom is 0.243 e. The molecule has 1 aromatic heterocycles. The van der Waals surface area contributed by atoms with Crippen LogP contribution >= 0.6 is 39.3 Å². The number of sulfonamides is 1. The number of rotatable bonds is 4. The SMILES string of the molecule is CSC1CCC(NS(=O)(=O)c2cc(Br)cnc2Cl)C1. The molecule has 106 valence electrons. The van der Waals surface area contributed by atoms with Gasteiger partial charge < -0.3 is 0 Å². The number of nitrogens with zero attached hydrogens (tertiary/aromatic N) is 1. The van der Waals surface area contributed by atoms with Gasteiger partial charge in [0, 0.05) is 22.0 Å². The maximum absolute atomic E-state index is 12.3. The lowest BCUT2D eigenvalue weighted by molar-refractivity contribution is 0.552. The summed E-state index contributed by atoms with van der Waals surface area (Å²) in [7, 11) is -3.61. The minimum atomic E-state index is -3.61. The average molecular weight is 386 g/mol. The molecule has 1 saturated carbocycles. The highest BCUT2D eigenvalue weighted by Gasteiger charge is 2.29. The summed E-state index contributed by atoms with van der Waals surface area (Å²) in [6, 6.07) is 1.45. The van der Waals surface area contributed by atoms with E-state index >= 15 is 0 Å². The Balaban J connectivity index is 2.17. The monoisotopic (exact) mass is 384 g/mol. The van der Waals surface area contributed by atoms with Crippen LogP contribution in [0.5, 0.6) is 0 Å². The molecule has 2 rings (SSSR count). The van der Waals surface area contributed by atoms with Gasteiger partial charge in [-0.1, -0.05) is 11.6 Å². The molecule has 0 aliphatic heterocycles. The predicted octanol–water partition coefficient (Wildman–Crippen LogP) is 3.06. The summed E-state index contributed by atoms with van der Waals surface area (Å²) in [5.41, 5.74) is 0. The predicted molar refractivity (Wildman–Crippen MR) is 82.2 cm³/mol. The van der Waals surface area contributed by atoms with Gasteiger partial charge in [0.05, 0.1) is 0 Å². The summed E-state index contributed by atoms with van der Waals surface area (Å²) in [5.74, 6) is 0. The highest BCUT2D eigenvalue weighted by atomic mass is 79.9. The van der Waals surface area contributed by atoms with Gasteiger partial charge in [-0.25, -0.2) is 18.1 Å². The summed E-state index contributed by atoms with van der Waals surface area (Å²) in [5, 5.41) is 0.527. The van der Waals surface area contributed by atoms with Gasteiger partial charge in [-0.15, -0.1) is 0 Å². The third kappa shape index (κ3) is 3.85. The van der Waals surface area contributed by atoms with Crippen molar-refractivity contribution in [1.82, 2.24) is 9.71 Å². The van der Waals surface area contributed by atoms with Crippen LogP contribution in [-0.2, 0) is 10.0 Å². The van der Waals surface area contributed by atoms with Crippen LogP contribution in [-0.4, -0.2) is 30.9 Å². The Morgan fingerprint density at radius 3 is 2.89 bits per heavy atom. The molecule has 0 aromatic carbocycles. The fourth-order valence-electron chi connectivity index (χ4n) is 2.14.